The Kier molecular flexibility index (Phi) is 6.28. The van der Waals surface area contributed by atoms with Crippen LogP contribution in [0.2, 0.25) is 0 Å². The number of carbonyl (C=O) groups excluding carboxylic acids is 1. The number of piperidine rings is 1. The molecule has 5 nitrogen and oxygen atoms in total. The molecule has 0 saturated carbocycles. The van der Waals surface area contributed by atoms with E-state index in [0.717, 1.165) is 44.5 Å². The summed E-state index contributed by atoms with van der Waals surface area (Å²) < 4.78 is 44.7. The molecule has 2 aromatic rings. The normalized spacial score (nSPS) is 16.1. The van der Waals surface area contributed by atoms with Crippen molar-refractivity contribution in [3.63, 3.8) is 0 Å². The summed E-state index contributed by atoms with van der Waals surface area (Å²) in [6.07, 6.45) is 0.147. The van der Waals surface area contributed by atoms with Crippen LogP contribution < -0.4 is 15.5 Å². The standard InChI is InChI=1S/C20H24F3N3O2/c1-14(18-6-5-11-28-18)24-13-19(27)25-16-12-15(20(21,22)23)7-8-17(16)26-9-3-2-4-10-26/h5-8,11-12,14,24H,2-4,9-10,13H2,1H3,(H,25,27)/t14-/m0/s1. The summed E-state index contributed by atoms with van der Waals surface area (Å²) in [6, 6.07) is 6.87. The van der Waals surface area contributed by atoms with E-state index in [4.69, 9.17) is 4.42 Å². The molecule has 1 aliphatic rings. The Morgan fingerprint density at radius 2 is 1.96 bits per heavy atom. The van der Waals surface area contributed by atoms with E-state index in [2.05, 4.69) is 10.6 Å². The van der Waals surface area contributed by atoms with Gasteiger partial charge in [-0.1, -0.05) is 0 Å². The number of rotatable bonds is 6. The number of nitrogens with zero attached hydrogens (tertiary/aromatic N) is 1. The molecular formula is C20H24F3N3O2. The number of halogens is 3. The fraction of sp³-hybridized carbons (Fsp3) is 0.450. The first-order chi connectivity index (χ1) is 13.3. The van der Waals surface area contributed by atoms with Crippen LogP contribution >= 0.6 is 0 Å². The van der Waals surface area contributed by atoms with E-state index in [1.807, 2.05) is 11.8 Å². The molecular weight excluding hydrogens is 371 g/mol. The number of anilines is 2. The highest BCUT2D eigenvalue weighted by molar-refractivity contribution is 5.95. The Bertz CT molecular complexity index is 784. The Labute approximate surface area is 161 Å². The molecule has 1 amide bonds. The third-order valence-electron chi connectivity index (χ3n) is 4.83. The van der Waals surface area contributed by atoms with Crippen LogP contribution in [0.25, 0.3) is 0 Å². The molecule has 1 aromatic heterocycles. The van der Waals surface area contributed by atoms with Crippen LogP contribution in [0, 0.1) is 0 Å². The zero-order chi connectivity index (χ0) is 20.1. The number of carbonyl (C=O) groups is 1. The van der Waals surface area contributed by atoms with Crippen molar-refractivity contribution in [2.75, 3.05) is 29.9 Å². The number of hydrogen-bond donors (Lipinski definition) is 2. The third-order valence-corrected chi connectivity index (χ3v) is 4.83. The monoisotopic (exact) mass is 395 g/mol. The maximum Gasteiger partial charge on any atom is 0.416 e. The van der Waals surface area contributed by atoms with Crippen LogP contribution in [0.15, 0.2) is 41.0 Å². The van der Waals surface area contributed by atoms with Crippen molar-refractivity contribution < 1.29 is 22.4 Å². The minimum Gasteiger partial charge on any atom is -0.468 e. The minimum absolute atomic E-state index is 0.0441. The predicted molar refractivity (Wildman–Crippen MR) is 101 cm³/mol. The fourth-order valence-electron chi connectivity index (χ4n) is 3.30. The SMILES string of the molecule is C[C@H](NCC(=O)Nc1cc(C(F)(F)F)ccc1N1CCCCC1)c1ccco1. The average Bonchev–Trinajstić information content (AvgIpc) is 3.21. The number of alkyl halides is 3. The molecule has 2 N–H and O–H groups in total. The number of nitrogens with one attached hydrogen (secondary N) is 2. The van der Waals surface area contributed by atoms with E-state index < -0.39 is 17.6 Å². The lowest BCUT2D eigenvalue weighted by molar-refractivity contribution is -0.137. The van der Waals surface area contributed by atoms with Gasteiger partial charge in [-0.2, -0.15) is 13.2 Å². The average molecular weight is 395 g/mol. The lowest BCUT2D eigenvalue weighted by atomic mass is 10.1. The Morgan fingerprint density at radius 3 is 2.61 bits per heavy atom. The Morgan fingerprint density at radius 1 is 1.21 bits per heavy atom. The van der Waals surface area contributed by atoms with Crippen molar-refractivity contribution in [3.8, 4) is 0 Å². The van der Waals surface area contributed by atoms with Gasteiger partial charge >= 0.3 is 6.18 Å². The molecule has 0 bridgehead atoms. The molecule has 0 spiro atoms. The van der Waals surface area contributed by atoms with Crippen molar-refractivity contribution in [3.05, 3.63) is 47.9 Å². The highest BCUT2D eigenvalue weighted by Crippen LogP contribution is 2.36. The molecule has 1 atom stereocenters. The summed E-state index contributed by atoms with van der Waals surface area (Å²) in [5.74, 6) is 0.275. The first-order valence-electron chi connectivity index (χ1n) is 9.37. The van der Waals surface area contributed by atoms with Crippen LogP contribution in [0.3, 0.4) is 0 Å². The van der Waals surface area contributed by atoms with E-state index >= 15 is 0 Å². The molecule has 28 heavy (non-hydrogen) atoms. The van der Waals surface area contributed by atoms with Crippen LogP contribution in [0.5, 0.6) is 0 Å². The van der Waals surface area contributed by atoms with Gasteiger partial charge in [-0.05, 0) is 56.5 Å². The van der Waals surface area contributed by atoms with Crippen molar-refractivity contribution in [2.24, 2.45) is 0 Å². The molecule has 1 aromatic carbocycles. The molecule has 0 radical (unpaired) electrons. The van der Waals surface area contributed by atoms with Gasteiger partial charge < -0.3 is 14.6 Å². The largest absolute Gasteiger partial charge is 0.468 e. The van der Waals surface area contributed by atoms with Gasteiger partial charge in [0.05, 0.1) is 35.8 Å². The van der Waals surface area contributed by atoms with E-state index in [1.54, 1.807) is 18.4 Å². The third kappa shape index (κ3) is 5.07. The van der Waals surface area contributed by atoms with E-state index in [-0.39, 0.29) is 18.3 Å². The van der Waals surface area contributed by atoms with Gasteiger partial charge in [0.2, 0.25) is 5.91 Å². The summed E-state index contributed by atoms with van der Waals surface area (Å²) in [6.45, 7) is 3.33. The highest BCUT2D eigenvalue weighted by atomic mass is 19.4. The fourth-order valence-corrected chi connectivity index (χ4v) is 3.30. The molecule has 0 unspecified atom stereocenters. The zero-order valence-corrected chi connectivity index (χ0v) is 15.7. The maximum atomic E-state index is 13.1. The molecule has 1 saturated heterocycles. The second kappa shape index (κ2) is 8.68. The van der Waals surface area contributed by atoms with E-state index in [1.165, 1.54) is 6.07 Å². The van der Waals surface area contributed by atoms with Crippen LogP contribution in [-0.2, 0) is 11.0 Å². The van der Waals surface area contributed by atoms with Crippen LogP contribution in [0.1, 0.15) is 43.6 Å². The Hall–Kier alpha value is -2.48. The van der Waals surface area contributed by atoms with Crippen molar-refractivity contribution >= 4 is 17.3 Å². The predicted octanol–water partition coefficient (Wildman–Crippen LogP) is 4.58. The molecule has 0 aliphatic carbocycles. The van der Waals surface area contributed by atoms with Crippen LogP contribution in [0.4, 0.5) is 24.5 Å². The van der Waals surface area contributed by atoms with E-state index in [9.17, 15) is 18.0 Å². The molecule has 152 valence electrons. The second-order valence-corrected chi connectivity index (χ2v) is 6.94. The number of benzene rings is 1. The molecule has 8 heteroatoms. The Balaban J connectivity index is 1.73. The van der Waals surface area contributed by atoms with Gasteiger partial charge in [-0.3, -0.25) is 10.1 Å². The lowest BCUT2D eigenvalue weighted by Gasteiger charge is -2.31. The molecule has 1 fully saturated rings. The summed E-state index contributed by atoms with van der Waals surface area (Å²) in [5.41, 5.74) is 0.0368. The molecule has 2 heterocycles. The lowest BCUT2D eigenvalue weighted by Crippen LogP contribution is -2.33. The number of hydrogen-bond acceptors (Lipinski definition) is 4. The summed E-state index contributed by atoms with van der Waals surface area (Å²) in [4.78, 5) is 14.4. The van der Waals surface area contributed by atoms with Gasteiger partial charge in [0.25, 0.3) is 0 Å². The minimum atomic E-state index is -4.47. The van der Waals surface area contributed by atoms with Crippen LogP contribution in [-0.4, -0.2) is 25.5 Å². The highest BCUT2D eigenvalue weighted by Gasteiger charge is 2.31. The van der Waals surface area contributed by atoms with Gasteiger partial charge in [0.1, 0.15) is 5.76 Å². The topological polar surface area (TPSA) is 57.5 Å². The molecule has 3 rings (SSSR count). The quantitative estimate of drug-likeness (QED) is 0.752. The van der Waals surface area contributed by atoms with Crippen molar-refractivity contribution in [2.45, 2.75) is 38.4 Å². The summed E-state index contributed by atoms with van der Waals surface area (Å²) >= 11 is 0. The number of furan rings is 1. The van der Waals surface area contributed by atoms with Gasteiger partial charge in [0, 0.05) is 13.1 Å². The zero-order valence-electron chi connectivity index (χ0n) is 15.7. The first-order valence-corrected chi connectivity index (χ1v) is 9.37. The molecule has 1 aliphatic heterocycles. The van der Waals surface area contributed by atoms with Gasteiger partial charge in [0.15, 0.2) is 0 Å². The summed E-state index contributed by atoms with van der Waals surface area (Å²) in [7, 11) is 0. The first kappa shape index (κ1) is 20.3. The maximum absolute atomic E-state index is 13.1. The number of amides is 1. The smallest absolute Gasteiger partial charge is 0.416 e. The van der Waals surface area contributed by atoms with Crippen molar-refractivity contribution in [1.29, 1.82) is 0 Å². The van der Waals surface area contributed by atoms with Crippen molar-refractivity contribution in [1.82, 2.24) is 5.32 Å². The van der Waals surface area contributed by atoms with Gasteiger partial charge in [-0.25, -0.2) is 0 Å². The van der Waals surface area contributed by atoms with Gasteiger partial charge in [-0.15, -0.1) is 0 Å². The van der Waals surface area contributed by atoms with E-state index in [0.29, 0.717) is 11.4 Å². The second-order valence-electron chi connectivity index (χ2n) is 6.94. The summed E-state index contributed by atoms with van der Waals surface area (Å²) in [5, 5.41) is 5.65.